The monoisotopic (exact) mass is 371 g/mol. The van der Waals surface area contributed by atoms with Gasteiger partial charge < -0.3 is 9.47 Å². The van der Waals surface area contributed by atoms with Gasteiger partial charge in [0.1, 0.15) is 12.3 Å². The molecule has 0 aromatic heterocycles. The van der Waals surface area contributed by atoms with Crippen molar-refractivity contribution in [3.63, 3.8) is 0 Å². The van der Waals surface area contributed by atoms with Crippen LogP contribution in [-0.4, -0.2) is 48.7 Å². The number of esters is 1. The molecule has 2 saturated carbocycles. The summed E-state index contributed by atoms with van der Waals surface area (Å²) in [5, 5.41) is 0. The molecule has 3 fully saturated rings. The quantitative estimate of drug-likeness (QED) is 0.427. The standard InChI is InChI=1S/C20H21NO6/c1-26-14-4-2-3-11(8-14)15(22)10-27-16(23)9-21-19(24)17-12-5-6-13(7-12)18(17)20(21)25/h2-4,8,12-13,17-18H,5-7,9-10H2,1H3/t12-,13-,17-,18+/m0/s1. The fraction of sp³-hybridized carbons (Fsp3) is 0.500. The first kappa shape index (κ1) is 17.7. The molecule has 7 nitrogen and oxygen atoms in total. The molecule has 4 atom stereocenters. The summed E-state index contributed by atoms with van der Waals surface area (Å²) >= 11 is 0. The second-order valence-corrected chi connectivity index (χ2v) is 7.46. The lowest BCUT2D eigenvalue weighted by Crippen LogP contribution is -2.38. The largest absolute Gasteiger partial charge is 0.497 e. The number of fused-ring (bicyclic) bond motifs is 5. The zero-order valence-corrected chi connectivity index (χ0v) is 15.1. The molecule has 7 heteroatoms. The Balaban J connectivity index is 1.34. The lowest BCUT2D eigenvalue weighted by Gasteiger charge is -2.19. The minimum atomic E-state index is -0.750. The van der Waals surface area contributed by atoms with Crippen molar-refractivity contribution in [1.82, 2.24) is 4.90 Å². The molecule has 1 aromatic carbocycles. The van der Waals surface area contributed by atoms with E-state index in [2.05, 4.69) is 0 Å². The Bertz CT molecular complexity index is 790. The van der Waals surface area contributed by atoms with Crippen molar-refractivity contribution in [1.29, 1.82) is 0 Å². The lowest BCUT2D eigenvalue weighted by atomic mass is 9.81. The summed E-state index contributed by atoms with van der Waals surface area (Å²) in [5.74, 6) is -1.09. The molecule has 0 spiro atoms. The Hall–Kier alpha value is -2.70. The summed E-state index contributed by atoms with van der Waals surface area (Å²) in [6, 6.07) is 6.53. The molecule has 27 heavy (non-hydrogen) atoms. The molecular weight excluding hydrogens is 350 g/mol. The predicted molar refractivity (Wildman–Crippen MR) is 92.8 cm³/mol. The zero-order chi connectivity index (χ0) is 19.1. The van der Waals surface area contributed by atoms with E-state index in [0.29, 0.717) is 11.3 Å². The van der Waals surface area contributed by atoms with Crippen LogP contribution in [0.25, 0.3) is 0 Å². The number of ether oxygens (including phenoxy) is 2. The molecule has 1 saturated heterocycles. The van der Waals surface area contributed by atoms with Gasteiger partial charge in [0.25, 0.3) is 0 Å². The third kappa shape index (κ3) is 3.01. The fourth-order valence-electron chi connectivity index (χ4n) is 4.83. The van der Waals surface area contributed by atoms with Crippen LogP contribution in [0.2, 0.25) is 0 Å². The molecule has 142 valence electrons. The SMILES string of the molecule is COc1cccc(C(=O)COC(=O)CN2C(=O)[C@@H]3[C@H]4CC[C@@H](C4)[C@@H]3C2=O)c1. The summed E-state index contributed by atoms with van der Waals surface area (Å²) < 4.78 is 10.1. The maximum Gasteiger partial charge on any atom is 0.326 e. The average Bonchev–Trinajstić information content (AvgIpc) is 3.36. The number of hydrogen-bond acceptors (Lipinski definition) is 6. The minimum Gasteiger partial charge on any atom is -0.497 e. The molecule has 4 rings (SSSR count). The van der Waals surface area contributed by atoms with Crippen molar-refractivity contribution in [2.24, 2.45) is 23.7 Å². The molecule has 2 amide bonds. The number of methoxy groups -OCH3 is 1. The fourth-order valence-corrected chi connectivity index (χ4v) is 4.83. The van der Waals surface area contributed by atoms with Crippen molar-refractivity contribution in [2.45, 2.75) is 19.3 Å². The van der Waals surface area contributed by atoms with E-state index in [1.54, 1.807) is 24.3 Å². The van der Waals surface area contributed by atoms with Crippen LogP contribution in [0.3, 0.4) is 0 Å². The topological polar surface area (TPSA) is 90.0 Å². The van der Waals surface area contributed by atoms with Crippen LogP contribution in [0.15, 0.2) is 24.3 Å². The summed E-state index contributed by atoms with van der Waals surface area (Å²) in [6.45, 7) is -0.865. The third-order valence-electron chi connectivity index (χ3n) is 6.06. The van der Waals surface area contributed by atoms with E-state index in [9.17, 15) is 19.2 Å². The van der Waals surface area contributed by atoms with Gasteiger partial charge in [0.15, 0.2) is 12.4 Å². The first-order chi connectivity index (χ1) is 13.0. The predicted octanol–water partition coefficient (Wildman–Crippen LogP) is 1.45. The maximum atomic E-state index is 12.6. The first-order valence-corrected chi connectivity index (χ1v) is 9.17. The van der Waals surface area contributed by atoms with Gasteiger partial charge in [0, 0.05) is 5.56 Å². The van der Waals surface area contributed by atoms with Crippen LogP contribution in [0.1, 0.15) is 29.6 Å². The van der Waals surface area contributed by atoms with Crippen molar-refractivity contribution in [3.8, 4) is 5.75 Å². The van der Waals surface area contributed by atoms with Gasteiger partial charge in [-0.25, -0.2) is 0 Å². The minimum absolute atomic E-state index is 0.256. The Morgan fingerprint density at radius 1 is 1.11 bits per heavy atom. The second kappa shape index (κ2) is 6.79. The van der Waals surface area contributed by atoms with Crippen molar-refractivity contribution >= 4 is 23.6 Å². The number of carbonyl (C=O) groups excluding carboxylic acids is 4. The van der Waals surface area contributed by atoms with Crippen LogP contribution in [0.5, 0.6) is 5.75 Å². The molecular formula is C20H21NO6. The number of carbonyl (C=O) groups is 4. The van der Waals surface area contributed by atoms with E-state index in [4.69, 9.17) is 9.47 Å². The number of hydrogen-bond donors (Lipinski definition) is 0. The molecule has 1 aromatic rings. The Kier molecular flexibility index (Phi) is 4.45. The number of ketones is 1. The van der Waals surface area contributed by atoms with E-state index < -0.39 is 19.1 Å². The van der Waals surface area contributed by atoms with Gasteiger partial charge in [-0.1, -0.05) is 12.1 Å². The molecule has 2 bridgehead atoms. The molecule has 0 unspecified atom stereocenters. The highest BCUT2D eigenvalue weighted by molar-refractivity contribution is 6.08. The van der Waals surface area contributed by atoms with E-state index in [1.807, 2.05) is 0 Å². The molecule has 3 aliphatic rings. The van der Waals surface area contributed by atoms with Gasteiger partial charge in [0.2, 0.25) is 11.8 Å². The van der Waals surface area contributed by atoms with E-state index in [-0.39, 0.29) is 41.3 Å². The third-order valence-corrected chi connectivity index (χ3v) is 6.06. The molecule has 0 N–H and O–H groups in total. The Labute approximate surface area is 156 Å². The highest BCUT2D eigenvalue weighted by Gasteiger charge is 2.61. The lowest BCUT2D eigenvalue weighted by molar-refractivity contribution is -0.152. The normalized spacial score (nSPS) is 28.4. The highest BCUT2D eigenvalue weighted by Crippen LogP contribution is 2.56. The Morgan fingerprint density at radius 2 is 1.78 bits per heavy atom. The molecule has 0 radical (unpaired) electrons. The smallest absolute Gasteiger partial charge is 0.326 e. The van der Waals surface area contributed by atoms with Crippen molar-refractivity contribution in [3.05, 3.63) is 29.8 Å². The van der Waals surface area contributed by atoms with Gasteiger partial charge >= 0.3 is 5.97 Å². The molecule has 1 aliphatic heterocycles. The van der Waals surface area contributed by atoms with Crippen LogP contribution in [0, 0.1) is 23.7 Å². The van der Waals surface area contributed by atoms with Crippen molar-refractivity contribution < 1.29 is 28.7 Å². The summed E-state index contributed by atoms with van der Waals surface area (Å²) in [5.41, 5.74) is 0.363. The molecule has 1 heterocycles. The summed E-state index contributed by atoms with van der Waals surface area (Å²) in [7, 11) is 1.50. The van der Waals surface area contributed by atoms with Crippen LogP contribution in [0.4, 0.5) is 0 Å². The summed E-state index contributed by atoms with van der Waals surface area (Å²) in [6.07, 6.45) is 2.91. The number of rotatable bonds is 6. The van der Waals surface area contributed by atoms with Gasteiger partial charge in [-0.05, 0) is 43.2 Å². The van der Waals surface area contributed by atoms with Gasteiger partial charge in [-0.2, -0.15) is 0 Å². The number of nitrogens with zero attached hydrogens (tertiary/aromatic N) is 1. The number of Topliss-reactive ketones (excluding diaryl/α,β-unsaturated/α-hetero) is 1. The Morgan fingerprint density at radius 3 is 2.41 bits per heavy atom. The van der Waals surface area contributed by atoms with E-state index in [1.165, 1.54) is 7.11 Å². The van der Waals surface area contributed by atoms with E-state index in [0.717, 1.165) is 24.2 Å². The highest BCUT2D eigenvalue weighted by atomic mass is 16.5. The average molecular weight is 371 g/mol. The number of benzene rings is 1. The number of imide groups is 1. The first-order valence-electron chi connectivity index (χ1n) is 9.17. The second-order valence-electron chi connectivity index (χ2n) is 7.46. The van der Waals surface area contributed by atoms with Gasteiger partial charge in [-0.3, -0.25) is 24.1 Å². The van der Waals surface area contributed by atoms with Crippen LogP contribution >= 0.6 is 0 Å². The number of likely N-dealkylation sites (tertiary alicyclic amines) is 1. The molecule has 2 aliphatic carbocycles. The van der Waals surface area contributed by atoms with Crippen LogP contribution in [-0.2, 0) is 19.1 Å². The van der Waals surface area contributed by atoms with E-state index >= 15 is 0 Å². The van der Waals surface area contributed by atoms with Gasteiger partial charge in [-0.15, -0.1) is 0 Å². The van der Waals surface area contributed by atoms with Crippen LogP contribution < -0.4 is 4.74 Å². The zero-order valence-electron chi connectivity index (χ0n) is 15.1. The van der Waals surface area contributed by atoms with Gasteiger partial charge in [0.05, 0.1) is 18.9 Å². The summed E-state index contributed by atoms with van der Waals surface area (Å²) in [4.78, 5) is 50.4. The maximum absolute atomic E-state index is 12.6. The number of amides is 2. The van der Waals surface area contributed by atoms with Crippen molar-refractivity contribution in [2.75, 3.05) is 20.3 Å².